The number of amides is 1. The molecular formula is C27H34N4O2. The Kier molecular flexibility index (Phi) is 7.45. The fourth-order valence-electron chi connectivity index (χ4n) is 4.28. The highest BCUT2D eigenvalue weighted by atomic mass is 16.4. The molecule has 1 fully saturated rings. The number of hydrogen-bond acceptors (Lipinski definition) is 5. The van der Waals surface area contributed by atoms with Crippen molar-refractivity contribution in [3.63, 3.8) is 0 Å². The van der Waals surface area contributed by atoms with E-state index in [1.807, 2.05) is 37.3 Å². The number of piperazine rings is 1. The van der Waals surface area contributed by atoms with Gasteiger partial charge in [-0.15, -0.1) is 0 Å². The Morgan fingerprint density at radius 2 is 1.82 bits per heavy atom. The van der Waals surface area contributed by atoms with Crippen molar-refractivity contribution >= 4 is 11.6 Å². The standard InChI is InChI=1S/C27H34N4O2/c1-20-8-7-11-24(18-20)31-16-14-30(15-17-31)13-12-21(2)28-26(32)19-25-22(3)33-27(29-25)23-9-5-4-6-10-23/h4-11,18,21H,12-17,19H2,1-3H3,(H,28,32). The number of aryl methyl sites for hydroxylation is 2. The Balaban J connectivity index is 1.20. The van der Waals surface area contributed by atoms with E-state index in [4.69, 9.17) is 4.42 Å². The Labute approximate surface area is 196 Å². The molecule has 1 N–H and O–H groups in total. The van der Waals surface area contributed by atoms with Gasteiger partial charge in [0, 0.05) is 50.0 Å². The Bertz CT molecular complexity index is 1050. The van der Waals surface area contributed by atoms with Gasteiger partial charge in [-0.3, -0.25) is 9.69 Å². The number of aromatic nitrogens is 1. The summed E-state index contributed by atoms with van der Waals surface area (Å²) in [6, 6.07) is 18.6. The third kappa shape index (κ3) is 6.23. The average molecular weight is 447 g/mol. The molecule has 0 aliphatic carbocycles. The normalized spacial score (nSPS) is 15.4. The largest absolute Gasteiger partial charge is 0.441 e. The van der Waals surface area contributed by atoms with Crippen LogP contribution in [0.25, 0.3) is 11.5 Å². The maximum Gasteiger partial charge on any atom is 0.226 e. The number of nitrogens with zero attached hydrogens (tertiary/aromatic N) is 3. The van der Waals surface area contributed by atoms with Crippen LogP contribution in [0.5, 0.6) is 0 Å². The number of rotatable bonds is 8. The van der Waals surface area contributed by atoms with Gasteiger partial charge in [0.05, 0.1) is 12.1 Å². The predicted molar refractivity (Wildman–Crippen MR) is 132 cm³/mol. The molecule has 0 radical (unpaired) electrons. The van der Waals surface area contributed by atoms with Crippen LogP contribution in [0.2, 0.25) is 0 Å². The summed E-state index contributed by atoms with van der Waals surface area (Å²) in [5.41, 5.74) is 4.24. The summed E-state index contributed by atoms with van der Waals surface area (Å²) in [6.45, 7) is 11.3. The molecular weight excluding hydrogens is 412 g/mol. The fraction of sp³-hybridized carbons (Fsp3) is 0.407. The van der Waals surface area contributed by atoms with Gasteiger partial charge in [0.25, 0.3) is 0 Å². The number of oxazole rings is 1. The minimum Gasteiger partial charge on any atom is -0.441 e. The zero-order valence-corrected chi connectivity index (χ0v) is 19.9. The summed E-state index contributed by atoms with van der Waals surface area (Å²) in [5.74, 6) is 1.25. The van der Waals surface area contributed by atoms with Crippen LogP contribution in [0.1, 0.15) is 30.4 Å². The van der Waals surface area contributed by atoms with Crippen molar-refractivity contribution in [1.82, 2.24) is 15.2 Å². The van der Waals surface area contributed by atoms with Crippen LogP contribution in [0.15, 0.2) is 59.0 Å². The van der Waals surface area contributed by atoms with E-state index in [9.17, 15) is 4.79 Å². The lowest BCUT2D eigenvalue weighted by Crippen LogP contribution is -2.47. The summed E-state index contributed by atoms with van der Waals surface area (Å²) in [6.07, 6.45) is 1.17. The average Bonchev–Trinajstić information content (AvgIpc) is 3.18. The molecule has 6 nitrogen and oxygen atoms in total. The first kappa shape index (κ1) is 23.1. The molecule has 1 atom stereocenters. The lowest BCUT2D eigenvalue weighted by molar-refractivity contribution is -0.121. The number of hydrogen-bond donors (Lipinski definition) is 1. The first-order valence-corrected chi connectivity index (χ1v) is 11.8. The third-order valence-electron chi connectivity index (χ3n) is 6.27. The molecule has 1 amide bonds. The van der Waals surface area contributed by atoms with Gasteiger partial charge >= 0.3 is 0 Å². The molecule has 1 saturated heterocycles. The Morgan fingerprint density at radius 1 is 1.06 bits per heavy atom. The van der Waals surface area contributed by atoms with Crippen molar-refractivity contribution in [2.75, 3.05) is 37.6 Å². The minimum absolute atomic E-state index is 0.0113. The second-order valence-corrected chi connectivity index (χ2v) is 8.99. The maximum absolute atomic E-state index is 12.6. The molecule has 1 aliphatic rings. The van der Waals surface area contributed by atoms with Crippen molar-refractivity contribution in [2.45, 2.75) is 39.7 Å². The van der Waals surface area contributed by atoms with E-state index in [1.54, 1.807) is 0 Å². The van der Waals surface area contributed by atoms with Crippen LogP contribution in [-0.2, 0) is 11.2 Å². The molecule has 2 heterocycles. The molecule has 33 heavy (non-hydrogen) atoms. The number of carbonyl (C=O) groups is 1. The van der Waals surface area contributed by atoms with Crippen molar-refractivity contribution in [3.05, 3.63) is 71.6 Å². The Hall–Kier alpha value is -3.12. The third-order valence-corrected chi connectivity index (χ3v) is 6.27. The van der Waals surface area contributed by atoms with E-state index in [1.165, 1.54) is 11.3 Å². The van der Waals surface area contributed by atoms with Crippen LogP contribution < -0.4 is 10.2 Å². The number of nitrogens with one attached hydrogen (secondary N) is 1. The van der Waals surface area contributed by atoms with Crippen LogP contribution in [0, 0.1) is 13.8 Å². The molecule has 3 aromatic rings. The SMILES string of the molecule is Cc1cccc(N2CCN(CCC(C)NC(=O)Cc3nc(-c4ccccc4)oc3C)CC2)c1. The van der Waals surface area contributed by atoms with E-state index in [-0.39, 0.29) is 18.4 Å². The second-order valence-electron chi connectivity index (χ2n) is 8.99. The van der Waals surface area contributed by atoms with Crippen molar-refractivity contribution in [3.8, 4) is 11.5 Å². The lowest BCUT2D eigenvalue weighted by atomic mass is 10.1. The highest BCUT2D eigenvalue weighted by Crippen LogP contribution is 2.22. The monoisotopic (exact) mass is 446 g/mol. The van der Waals surface area contributed by atoms with Gasteiger partial charge in [-0.05, 0) is 57.0 Å². The molecule has 1 aromatic heterocycles. The van der Waals surface area contributed by atoms with Gasteiger partial charge in [0.2, 0.25) is 11.8 Å². The predicted octanol–water partition coefficient (Wildman–Crippen LogP) is 4.22. The van der Waals surface area contributed by atoms with Crippen molar-refractivity contribution in [2.24, 2.45) is 0 Å². The van der Waals surface area contributed by atoms with Gasteiger partial charge in [-0.1, -0.05) is 30.3 Å². The van der Waals surface area contributed by atoms with Gasteiger partial charge in [-0.25, -0.2) is 4.98 Å². The highest BCUT2D eigenvalue weighted by Gasteiger charge is 2.19. The van der Waals surface area contributed by atoms with E-state index >= 15 is 0 Å². The summed E-state index contributed by atoms with van der Waals surface area (Å²) < 4.78 is 5.78. The van der Waals surface area contributed by atoms with E-state index in [2.05, 4.69) is 58.2 Å². The minimum atomic E-state index is -0.0113. The van der Waals surface area contributed by atoms with Crippen LogP contribution in [0.3, 0.4) is 0 Å². The molecule has 2 aromatic carbocycles. The molecule has 174 valence electrons. The zero-order chi connectivity index (χ0) is 23.2. The zero-order valence-electron chi connectivity index (χ0n) is 19.9. The summed E-state index contributed by atoms with van der Waals surface area (Å²) >= 11 is 0. The first-order chi connectivity index (χ1) is 16.0. The fourth-order valence-corrected chi connectivity index (χ4v) is 4.28. The highest BCUT2D eigenvalue weighted by molar-refractivity contribution is 5.78. The topological polar surface area (TPSA) is 61.6 Å². The van der Waals surface area contributed by atoms with Gasteiger partial charge in [-0.2, -0.15) is 0 Å². The van der Waals surface area contributed by atoms with Crippen LogP contribution in [-0.4, -0.2) is 54.6 Å². The second kappa shape index (κ2) is 10.7. The van der Waals surface area contributed by atoms with Crippen molar-refractivity contribution in [1.29, 1.82) is 0 Å². The van der Waals surface area contributed by atoms with Gasteiger partial charge < -0.3 is 14.6 Å². The molecule has 1 unspecified atom stereocenters. The van der Waals surface area contributed by atoms with Gasteiger partial charge in [0.15, 0.2) is 0 Å². The molecule has 1 aliphatic heterocycles. The molecule has 6 heteroatoms. The molecule has 0 bridgehead atoms. The maximum atomic E-state index is 12.6. The van der Waals surface area contributed by atoms with Crippen LogP contribution >= 0.6 is 0 Å². The number of carbonyl (C=O) groups excluding carboxylic acids is 1. The lowest BCUT2D eigenvalue weighted by Gasteiger charge is -2.36. The molecule has 0 spiro atoms. The van der Waals surface area contributed by atoms with E-state index in [0.717, 1.165) is 44.7 Å². The number of benzene rings is 2. The summed E-state index contributed by atoms with van der Waals surface area (Å²) in [7, 11) is 0. The van der Waals surface area contributed by atoms with Gasteiger partial charge in [0.1, 0.15) is 5.76 Å². The molecule has 4 rings (SSSR count). The molecule has 0 saturated carbocycles. The van der Waals surface area contributed by atoms with E-state index in [0.29, 0.717) is 17.3 Å². The summed E-state index contributed by atoms with van der Waals surface area (Å²) in [5, 5.41) is 3.13. The smallest absolute Gasteiger partial charge is 0.226 e. The first-order valence-electron chi connectivity index (χ1n) is 11.8. The van der Waals surface area contributed by atoms with E-state index < -0.39 is 0 Å². The summed E-state index contributed by atoms with van der Waals surface area (Å²) in [4.78, 5) is 22.1. The van der Waals surface area contributed by atoms with Crippen molar-refractivity contribution < 1.29 is 9.21 Å². The van der Waals surface area contributed by atoms with Crippen LogP contribution in [0.4, 0.5) is 5.69 Å². The number of anilines is 1. The quantitative estimate of drug-likeness (QED) is 0.561. The Morgan fingerprint density at radius 3 is 2.55 bits per heavy atom.